The van der Waals surface area contributed by atoms with Gasteiger partial charge in [-0.05, 0) is 45.7 Å². The van der Waals surface area contributed by atoms with Crippen molar-refractivity contribution in [3.63, 3.8) is 0 Å². The van der Waals surface area contributed by atoms with Crippen molar-refractivity contribution in [2.45, 2.75) is 34.1 Å². The number of aryl methyl sites for hydroxylation is 2. The predicted molar refractivity (Wildman–Crippen MR) is 77.1 cm³/mol. The Balaban J connectivity index is 2.09. The number of hydrogen-bond acceptors (Lipinski definition) is 3. The number of carboxylic acid groups (broad SMARTS) is 1. The lowest BCUT2D eigenvalue weighted by molar-refractivity contribution is -0.147. The number of benzene rings is 1. The zero-order chi connectivity index (χ0) is 14.9. The van der Waals surface area contributed by atoms with Gasteiger partial charge in [0.1, 0.15) is 11.6 Å². The third kappa shape index (κ3) is 2.92. The molecule has 0 spiro atoms. The van der Waals surface area contributed by atoms with E-state index in [9.17, 15) is 4.79 Å². The second-order valence-electron chi connectivity index (χ2n) is 5.75. The number of fused-ring (bicyclic) bond motifs is 1. The standard InChI is InChI=1S/C15H20N2O3/c1-9-7-11(8-12-13(9)17-10(2)16-12)20-6-5-15(3,4)14(18)19/h7-8H,5-6H2,1-4H3,(H,16,17)(H,18,19). The molecule has 0 fully saturated rings. The average Bonchev–Trinajstić information content (AvgIpc) is 2.70. The minimum Gasteiger partial charge on any atom is -0.493 e. The van der Waals surface area contributed by atoms with Gasteiger partial charge in [0.05, 0.1) is 23.1 Å². The molecule has 0 unspecified atom stereocenters. The fourth-order valence-corrected chi connectivity index (χ4v) is 1.99. The molecule has 0 radical (unpaired) electrons. The minimum atomic E-state index is -0.808. The maximum absolute atomic E-state index is 11.0. The van der Waals surface area contributed by atoms with Gasteiger partial charge in [-0.3, -0.25) is 4.79 Å². The number of ether oxygens (including phenoxy) is 1. The minimum absolute atomic E-state index is 0.372. The number of nitrogens with zero attached hydrogens (tertiary/aromatic N) is 1. The van der Waals surface area contributed by atoms with E-state index in [1.165, 1.54) is 0 Å². The van der Waals surface area contributed by atoms with E-state index in [-0.39, 0.29) is 0 Å². The molecule has 0 aliphatic rings. The van der Waals surface area contributed by atoms with Crippen LogP contribution in [0.15, 0.2) is 12.1 Å². The number of nitrogens with one attached hydrogen (secondary N) is 1. The van der Waals surface area contributed by atoms with E-state index in [1.807, 2.05) is 26.0 Å². The van der Waals surface area contributed by atoms with Gasteiger partial charge < -0.3 is 14.8 Å². The van der Waals surface area contributed by atoms with Gasteiger partial charge in [0.2, 0.25) is 0 Å². The van der Waals surface area contributed by atoms with Crippen molar-refractivity contribution in [3.05, 3.63) is 23.5 Å². The highest BCUT2D eigenvalue weighted by Gasteiger charge is 2.26. The van der Waals surface area contributed by atoms with Crippen LogP contribution in [-0.2, 0) is 4.79 Å². The van der Waals surface area contributed by atoms with Crippen molar-refractivity contribution in [1.29, 1.82) is 0 Å². The van der Waals surface area contributed by atoms with Crippen LogP contribution in [0.1, 0.15) is 31.7 Å². The SMILES string of the molecule is Cc1nc2c(C)cc(OCCC(C)(C)C(=O)O)cc2[nH]1. The predicted octanol–water partition coefficient (Wildman–Crippen LogP) is 3.06. The largest absolute Gasteiger partial charge is 0.493 e. The molecule has 1 aromatic heterocycles. The van der Waals surface area contributed by atoms with Gasteiger partial charge in [-0.25, -0.2) is 4.98 Å². The lowest BCUT2D eigenvalue weighted by Crippen LogP contribution is -2.25. The van der Waals surface area contributed by atoms with E-state index in [1.54, 1.807) is 13.8 Å². The van der Waals surface area contributed by atoms with Crippen LogP contribution in [0.4, 0.5) is 0 Å². The number of imidazole rings is 1. The molecule has 108 valence electrons. The molecule has 2 rings (SSSR count). The number of aromatic nitrogens is 2. The number of hydrogen-bond donors (Lipinski definition) is 2. The number of carboxylic acids is 1. The summed E-state index contributed by atoms with van der Waals surface area (Å²) in [5, 5.41) is 9.06. The Morgan fingerprint density at radius 2 is 2.10 bits per heavy atom. The molecule has 0 saturated carbocycles. The van der Waals surface area contributed by atoms with E-state index in [0.29, 0.717) is 13.0 Å². The highest BCUT2D eigenvalue weighted by molar-refractivity contribution is 5.80. The van der Waals surface area contributed by atoms with Crippen LogP contribution in [0.5, 0.6) is 5.75 Å². The number of aliphatic carboxylic acids is 1. The average molecular weight is 276 g/mol. The molecule has 5 nitrogen and oxygen atoms in total. The van der Waals surface area contributed by atoms with Crippen LogP contribution in [0, 0.1) is 19.3 Å². The molecule has 1 aromatic carbocycles. The van der Waals surface area contributed by atoms with Crippen molar-refractivity contribution in [2.75, 3.05) is 6.61 Å². The first kappa shape index (κ1) is 14.4. The van der Waals surface area contributed by atoms with Gasteiger partial charge in [0.25, 0.3) is 0 Å². The zero-order valence-electron chi connectivity index (χ0n) is 12.3. The fourth-order valence-electron chi connectivity index (χ4n) is 1.99. The van der Waals surface area contributed by atoms with Gasteiger partial charge in [-0.2, -0.15) is 0 Å². The highest BCUT2D eigenvalue weighted by Crippen LogP contribution is 2.25. The maximum Gasteiger partial charge on any atom is 0.309 e. The number of aromatic amines is 1. The number of H-pyrrole nitrogens is 1. The second kappa shape index (κ2) is 5.15. The third-order valence-electron chi connectivity index (χ3n) is 3.44. The molecule has 0 atom stereocenters. The molecule has 2 aromatic rings. The van der Waals surface area contributed by atoms with Crippen LogP contribution in [0.25, 0.3) is 11.0 Å². The van der Waals surface area contributed by atoms with E-state index < -0.39 is 11.4 Å². The fraction of sp³-hybridized carbons (Fsp3) is 0.467. The van der Waals surface area contributed by atoms with Gasteiger partial charge in [0, 0.05) is 6.07 Å². The Hall–Kier alpha value is -2.04. The summed E-state index contributed by atoms with van der Waals surface area (Å²) >= 11 is 0. The Bertz CT molecular complexity index is 644. The van der Waals surface area contributed by atoms with Gasteiger partial charge in [-0.1, -0.05) is 0 Å². The summed E-state index contributed by atoms with van der Waals surface area (Å²) in [5.74, 6) is 0.795. The van der Waals surface area contributed by atoms with Crippen LogP contribution in [0.2, 0.25) is 0 Å². The Kier molecular flexibility index (Phi) is 3.70. The molecule has 0 bridgehead atoms. The lowest BCUT2D eigenvalue weighted by Gasteiger charge is -2.19. The lowest BCUT2D eigenvalue weighted by atomic mass is 9.90. The first-order chi connectivity index (χ1) is 9.29. The number of rotatable bonds is 5. The van der Waals surface area contributed by atoms with E-state index in [0.717, 1.165) is 28.2 Å². The maximum atomic E-state index is 11.0. The highest BCUT2D eigenvalue weighted by atomic mass is 16.5. The van der Waals surface area contributed by atoms with Crippen molar-refractivity contribution >= 4 is 17.0 Å². The summed E-state index contributed by atoms with van der Waals surface area (Å²) in [4.78, 5) is 18.6. The van der Waals surface area contributed by atoms with E-state index in [4.69, 9.17) is 9.84 Å². The van der Waals surface area contributed by atoms with Gasteiger partial charge in [-0.15, -0.1) is 0 Å². The van der Waals surface area contributed by atoms with Crippen LogP contribution >= 0.6 is 0 Å². The monoisotopic (exact) mass is 276 g/mol. The Morgan fingerprint density at radius 1 is 1.40 bits per heavy atom. The molecule has 0 saturated heterocycles. The molecule has 2 N–H and O–H groups in total. The van der Waals surface area contributed by atoms with Crippen molar-refractivity contribution in [1.82, 2.24) is 9.97 Å². The Morgan fingerprint density at radius 3 is 2.75 bits per heavy atom. The molecule has 1 heterocycles. The Labute approximate surface area is 118 Å². The molecule has 0 aliphatic carbocycles. The van der Waals surface area contributed by atoms with Crippen molar-refractivity contribution in [3.8, 4) is 5.75 Å². The van der Waals surface area contributed by atoms with E-state index in [2.05, 4.69) is 9.97 Å². The smallest absolute Gasteiger partial charge is 0.309 e. The summed E-state index contributed by atoms with van der Waals surface area (Å²) in [6.45, 7) is 7.67. The normalized spacial score (nSPS) is 11.8. The molecule has 20 heavy (non-hydrogen) atoms. The molecular weight excluding hydrogens is 256 g/mol. The van der Waals surface area contributed by atoms with Crippen LogP contribution < -0.4 is 4.74 Å². The van der Waals surface area contributed by atoms with Gasteiger partial charge in [0.15, 0.2) is 0 Å². The molecule has 0 amide bonds. The van der Waals surface area contributed by atoms with Crippen LogP contribution in [0.3, 0.4) is 0 Å². The number of carbonyl (C=O) groups is 1. The molecular formula is C15H20N2O3. The first-order valence-corrected chi connectivity index (χ1v) is 6.63. The van der Waals surface area contributed by atoms with E-state index >= 15 is 0 Å². The zero-order valence-corrected chi connectivity index (χ0v) is 12.3. The second-order valence-corrected chi connectivity index (χ2v) is 5.75. The molecule has 5 heteroatoms. The van der Waals surface area contributed by atoms with Crippen molar-refractivity contribution < 1.29 is 14.6 Å². The first-order valence-electron chi connectivity index (χ1n) is 6.63. The third-order valence-corrected chi connectivity index (χ3v) is 3.44. The van der Waals surface area contributed by atoms with Crippen LogP contribution in [-0.4, -0.2) is 27.7 Å². The summed E-state index contributed by atoms with van der Waals surface area (Å²) in [6, 6.07) is 3.83. The summed E-state index contributed by atoms with van der Waals surface area (Å²) in [6.07, 6.45) is 0.460. The summed E-state index contributed by atoms with van der Waals surface area (Å²) in [5.41, 5.74) is 2.15. The van der Waals surface area contributed by atoms with Gasteiger partial charge >= 0.3 is 5.97 Å². The topological polar surface area (TPSA) is 75.2 Å². The summed E-state index contributed by atoms with van der Waals surface area (Å²) in [7, 11) is 0. The molecule has 0 aliphatic heterocycles. The summed E-state index contributed by atoms with van der Waals surface area (Å²) < 4.78 is 5.68. The quantitative estimate of drug-likeness (QED) is 0.880. The van der Waals surface area contributed by atoms with Crippen molar-refractivity contribution in [2.24, 2.45) is 5.41 Å².